The first-order chi connectivity index (χ1) is 6.36. The van der Waals surface area contributed by atoms with Crippen LogP contribution < -0.4 is 5.32 Å². The van der Waals surface area contributed by atoms with E-state index in [1.165, 1.54) is 11.3 Å². The number of nitrogens with zero attached hydrogens (tertiary/aromatic N) is 2. The van der Waals surface area contributed by atoms with Gasteiger partial charge in [-0.25, -0.2) is 9.97 Å². The normalized spacial score (nSPS) is 28.7. The molecule has 1 N–H and O–H groups in total. The molecule has 2 unspecified atom stereocenters. The number of hydrogen-bond acceptors (Lipinski definition) is 4. The molecule has 1 aliphatic heterocycles. The minimum absolute atomic E-state index is 0.386. The highest BCUT2D eigenvalue weighted by atomic mass is 32.2. The van der Waals surface area contributed by atoms with Crippen molar-refractivity contribution in [3.05, 3.63) is 24.3 Å². The summed E-state index contributed by atoms with van der Waals surface area (Å²) in [4.78, 5) is 8.03. The van der Waals surface area contributed by atoms with E-state index in [1.54, 1.807) is 6.33 Å². The summed E-state index contributed by atoms with van der Waals surface area (Å²) in [7, 11) is 0. The van der Waals surface area contributed by atoms with E-state index >= 15 is 0 Å². The second kappa shape index (κ2) is 4.07. The van der Waals surface area contributed by atoms with Crippen LogP contribution in [-0.2, 0) is 0 Å². The Morgan fingerprint density at radius 2 is 2.23 bits per heavy atom. The van der Waals surface area contributed by atoms with E-state index in [9.17, 15) is 0 Å². The lowest BCUT2D eigenvalue weighted by molar-refractivity contribution is 0.528. The lowest BCUT2D eigenvalue weighted by atomic mass is 10.2. The van der Waals surface area contributed by atoms with Crippen molar-refractivity contribution in [1.82, 2.24) is 15.3 Å². The van der Waals surface area contributed by atoms with Gasteiger partial charge in [0.25, 0.3) is 0 Å². The predicted octanol–water partition coefficient (Wildman–Crippen LogP) is 1.45. The topological polar surface area (TPSA) is 37.8 Å². The van der Waals surface area contributed by atoms with Gasteiger partial charge in [0.15, 0.2) is 0 Å². The third-order valence-corrected chi connectivity index (χ3v) is 3.62. The third kappa shape index (κ3) is 2.19. The maximum absolute atomic E-state index is 4.01. The summed E-state index contributed by atoms with van der Waals surface area (Å²) in [6.07, 6.45) is 5.33. The average molecular weight is 195 g/mol. The van der Waals surface area contributed by atoms with Crippen molar-refractivity contribution in [3.8, 4) is 0 Å². The Labute approximate surface area is 82.4 Å². The molecule has 2 atom stereocenters. The van der Waals surface area contributed by atoms with Crippen LogP contribution in [-0.4, -0.2) is 22.3 Å². The zero-order valence-corrected chi connectivity index (χ0v) is 8.42. The van der Waals surface area contributed by atoms with Crippen molar-refractivity contribution in [2.75, 3.05) is 12.3 Å². The molecule has 2 heterocycles. The van der Waals surface area contributed by atoms with Crippen molar-refractivity contribution >= 4 is 11.8 Å². The fourth-order valence-corrected chi connectivity index (χ4v) is 2.51. The third-order valence-electron chi connectivity index (χ3n) is 2.08. The van der Waals surface area contributed by atoms with Crippen LogP contribution in [0.25, 0.3) is 0 Å². The van der Waals surface area contributed by atoms with Crippen LogP contribution >= 0.6 is 11.8 Å². The molecule has 2 rings (SSSR count). The van der Waals surface area contributed by atoms with E-state index in [4.69, 9.17) is 0 Å². The summed E-state index contributed by atoms with van der Waals surface area (Å²) >= 11 is 1.93. The van der Waals surface area contributed by atoms with Crippen molar-refractivity contribution in [1.29, 1.82) is 0 Å². The summed E-state index contributed by atoms with van der Waals surface area (Å²) in [6, 6.07) is 0. The van der Waals surface area contributed by atoms with E-state index in [1.807, 2.05) is 24.2 Å². The molecule has 1 aliphatic rings. The zero-order valence-electron chi connectivity index (χ0n) is 7.60. The Hall–Kier alpha value is -0.610. The van der Waals surface area contributed by atoms with Gasteiger partial charge in [0, 0.05) is 18.0 Å². The largest absolute Gasteiger partial charge is 0.301 e. The standard InChI is InChI=1S/C9H13N3S/c1-7-2-12-9(13-5-7)8-3-10-6-11-4-8/h3-4,6-7,9,12H,2,5H2,1H3. The zero-order chi connectivity index (χ0) is 9.10. The van der Waals surface area contributed by atoms with Gasteiger partial charge in [-0.1, -0.05) is 6.92 Å². The quantitative estimate of drug-likeness (QED) is 0.736. The number of aromatic nitrogens is 2. The molecule has 1 aromatic rings. The van der Waals surface area contributed by atoms with E-state index in [2.05, 4.69) is 22.2 Å². The van der Waals surface area contributed by atoms with Crippen molar-refractivity contribution in [3.63, 3.8) is 0 Å². The van der Waals surface area contributed by atoms with Crippen LogP contribution in [0, 0.1) is 5.92 Å². The molecule has 70 valence electrons. The summed E-state index contributed by atoms with van der Waals surface area (Å²) < 4.78 is 0. The van der Waals surface area contributed by atoms with Crippen LogP contribution in [0.1, 0.15) is 17.9 Å². The molecular weight excluding hydrogens is 182 g/mol. The van der Waals surface area contributed by atoms with Crippen LogP contribution in [0.3, 0.4) is 0 Å². The highest BCUT2D eigenvalue weighted by Crippen LogP contribution is 2.30. The van der Waals surface area contributed by atoms with Crippen molar-refractivity contribution in [2.45, 2.75) is 12.3 Å². The smallest absolute Gasteiger partial charge is 0.115 e. The Bertz CT molecular complexity index is 257. The molecule has 3 nitrogen and oxygen atoms in total. The maximum atomic E-state index is 4.01. The molecule has 0 amide bonds. The van der Waals surface area contributed by atoms with E-state index in [-0.39, 0.29) is 0 Å². The van der Waals surface area contributed by atoms with Crippen LogP contribution in [0.5, 0.6) is 0 Å². The van der Waals surface area contributed by atoms with E-state index < -0.39 is 0 Å². The Morgan fingerprint density at radius 1 is 1.46 bits per heavy atom. The molecule has 0 aliphatic carbocycles. The fourth-order valence-electron chi connectivity index (χ4n) is 1.35. The van der Waals surface area contributed by atoms with E-state index in [0.29, 0.717) is 5.37 Å². The maximum Gasteiger partial charge on any atom is 0.115 e. The van der Waals surface area contributed by atoms with Gasteiger partial charge >= 0.3 is 0 Å². The highest BCUT2D eigenvalue weighted by molar-refractivity contribution is 7.99. The van der Waals surface area contributed by atoms with Gasteiger partial charge in [-0.3, -0.25) is 0 Å². The molecule has 1 saturated heterocycles. The van der Waals surface area contributed by atoms with Gasteiger partial charge in [-0.15, -0.1) is 11.8 Å². The fraction of sp³-hybridized carbons (Fsp3) is 0.556. The minimum atomic E-state index is 0.386. The molecule has 1 fully saturated rings. The van der Waals surface area contributed by atoms with Gasteiger partial charge in [0.1, 0.15) is 6.33 Å². The number of rotatable bonds is 1. The van der Waals surface area contributed by atoms with Crippen LogP contribution in [0.4, 0.5) is 0 Å². The number of thioether (sulfide) groups is 1. The average Bonchev–Trinajstić information content (AvgIpc) is 2.20. The summed E-state index contributed by atoms with van der Waals surface area (Å²) in [5.41, 5.74) is 1.18. The Kier molecular flexibility index (Phi) is 2.80. The molecule has 0 spiro atoms. The second-order valence-corrected chi connectivity index (χ2v) is 4.54. The van der Waals surface area contributed by atoms with Crippen LogP contribution in [0.15, 0.2) is 18.7 Å². The summed E-state index contributed by atoms with van der Waals surface area (Å²) in [6.45, 7) is 3.35. The van der Waals surface area contributed by atoms with E-state index in [0.717, 1.165) is 12.5 Å². The molecule has 0 bridgehead atoms. The van der Waals surface area contributed by atoms with Gasteiger partial charge in [0.2, 0.25) is 0 Å². The number of hydrogen-bond donors (Lipinski definition) is 1. The first-order valence-electron chi connectivity index (χ1n) is 4.46. The van der Waals surface area contributed by atoms with Gasteiger partial charge < -0.3 is 5.32 Å². The monoisotopic (exact) mass is 195 g/mol. The molecule has 13 heavy (non-hydrogen) atoms. The SMILES string of the molecule is CC1CNC(c2cncnc2)SC1. The molecule has 0 saturated carbocycles. The van der Waals surface area contributed by atoms with Crippen molar-refractivity contribution in [2.24, 2.45) is 5.92 Å². The highest BCUT2D eigenvalue weighted by Gasteiger charge is 2.19. The summed E-state index contributed by atoms with van der Waals surface area (Å²) in [5.74, 6) is 1.98. The lowest BCUT2D eigenvalue weighted by Gasteiger charge is -2.26. The number of nitrogens with one attached hydrogen (secondary N) is 1. The molecule has 0 aromatic carbocycles. The molecule has 4 heteroatoms. The molecule has 0 radical (unpaired) electrons. The first kappa shape index (κ1) is 8.97. The first-order valence-corrected chi connectivity index (χ1v) is 5.51. The Balaban J connectivity index is 2.03. The summed E-state index contributed by atoms with van der Waals surface area (Å²) in [5, 5.41) is 3.85. The van der Waals surface area contributed by atoms with Crippen LogP contribution in [0.2, 0.25) is 0 Å². The van der Waals surface area contributed by atoms with Gasteiger partial charge in [-0.05, 0) is 18.2 Å². The molecule has 1 aromatic heterocycles. The molecular formula is C9H13N3S. The van der Waals surface area contributed by atoms with Crippen molar-refractivity contribution < 1.29 is 0 Å². The predicted molar refractivity (Wildman–Crippen MR) is 54.4 cm³/mol. The lowest BCUT2D eigenvalue weighted by Crippen LogP contribution is -2.31. The second-order valence-electron chi connectivity index (χ2n) is 3.40. The van der Waals surface area contributed by atoms with Gasteiger partial charge in [-0.2, -0.15) is 0 Å². The minimum Gasteiger partial charge on any atom is -0.301 e. The Morgan fingerprint density at radius 3 is 2.85 bits per heavy atom. The van der Waals surface area contributed by atoms with Gasteiger partial charge in [0.05, 0.1) is 5.37 Å².